The van der Waals surface area contributed by atoms with E-state index in [1.807, 2.05) is 0 Å². The Labute approximate surface area is 133 Å². The molecular weight excluding hydrogens is 298 g/mol. The van der Waals surface area contributed by atoms with Crippen molar-refractivity contribution in [1.29, 1.82) is 0 Å². The highest BCUT2D eigenvalue weighted by molar-refractivity contribution is 6.04. The SMILES string of the molecule is COc1ccc(C(=O)Nc2ccc3c(c2)OCCO3)cc1OC. The molecule has 0 saturated heterocycles. The van der Waals surface area contributed by atoms with Crippen LogP contribution >= 0.6 is 0 Å². The molecular formula is C17H17NO5. The van der Waals surface area contributed by atoms with Crippen LogP contribution in [0.15, 0.2) is 36.4 Å². The fourth-order valence-corrected chi connectivity index (χ4v) is 2.30. The van der Waals surface area contributed by atoms with E-state index in [1.165, 1.54) is 7.11 Å². The van der Waals surface area contributed by atoms with E-state index in [2.05, 4.69) is 5.32 Å². The molecule has 0 radical (unpaired) electrons. The van der Waals surface area contributed by atoms with Crippen molar-refractivity contribution in [3.05, 3.63) is 42.0 Å². The summed E-state index contributed by atoms with van der Waals surface area (Å²) in [7, 11) is 3.08. The third kappa shape index (κ3) is 3.15. The standard InChI is InChI=1S/C17H17NO5/c1-20-13-5-3-11(9-15(13)21-2)17(19)18-12-4-6-14-16(10-12)23-8-7-22-14/h3-6,9-10H,7-8H2,1-2H3,(H,18,19). The number of nitrogens with one attached hydrogen (secondary N) is 1. The lowest BCUT2D eigenvalue weighted by atomic mass is 10.1. The minimum absolute atomic E-state index is 0.248. The van der Waals surface area contributed by atoms with Gasteiger partial charge in [0.1, 0.15) is 13.2 Å². The predicted octanol–water partition coefficient (Wildman–Crippen LogP) is 2.73. The van der Waals surface area contributed by atoms with E-state index in [9.17, 15) is 4.79 Å². The fraction of sp³-hybridized carbons (Fsp3) is 0.235. The van der Waals surface area contributed by atoms with Gasteiger partial charge in [0.25, 0.3) is 5.91 Å². The Hall–Kier alpha value is -2.89. The molecule has 6 heteroatoms. The van der Waals surface area contributed by atoms with Gasteiger partial charge in [0.05, 0.1) is 14.2 Å². The number of amides is 1. The van der Waals surface area contributed by atoms with E-state index < -0.39 is 0 Å². The summed E-state index contributed by atoms with van der Waals surface area (Å²) in [5, 5.41) is 2.83. The number of carbonyl (C=O) groups excluding carboxylic acids is 1. The Morgan fingerprint density at radius 3 is 2.43 bits per heavy atom. The first-order valence-electron chi connectivity index (χ1n) is 7.14. The first kappa shape index (κ1) is 15.0. The van der Waals surface area contributed by atoms with Crippen LogP contribution in [0.2, 0.25) is 0 Å². The van der Waals surface area contributed by atoms with E-state index in [0.717, 1.165) is 0 Å². The summed E-state index contributed by atoms with van der Waals surface area (Å²) in [5.74, 6) is 2.13. The molecule has 3 rings (SSSR count). The molecule has 1 amide bonds. The molecule has 0 fully saturated rings. The van der Waals surface area contributed by atoms with Crippen molar-refractivity contribution in [2.75, 3.05) is 32.8 Å². The van der Waals surface area contributed by atoms with Crippen LogP contribution in [0, 0.1) is 0 Å². The molecule has 23 heavy (non-hydrogen) atoms. The van der Waals surface area contributed by atoms with Crippen molar-refractivity contribution in [3.63, 3.8) is 0 Å². The van der Waals surface area contributed by atoms with Crippen molar-refractivity contribution in [2.24, 2.45) is 0 Å². The van der Waals surface area contributed by atoms with Crippen LogP contribution in [-0.4, -0.2) is 33.3 Å². The number of ether oxygens (including phenoxy) is 4. The molecule has 6 nitrogen and oxygen atoms in total. The maximum atomic E-state index is 12.4. The fourth-order valence-electron chi connectivity index (χ4n) is 2.30. The third-order valence-electron chi connectivity index (χ3n) is 3.45. The van der Waals surface area contributed by atoms with Crippen LogP contribution in [-0.2, 0) is 0 Å². The van der Waals surface area contributed by atoms with Crippen molar-refractivity contribution in [3.8, 4) is 23.0 Å². The summed E-state index contributed by atoms with van der Waals surface area (Å²) >= 11 is 0. The van der Waals surface area contributed by atoms with Gasteiger partial charge >= 0.3 is 0 Å². The first-order chi connectivity index (χ1) is 11.2. The first-order valence-corrected chi connectivity index (χ1v) is 7.14. The molecule has 0 aromatic heterocycles. The summed E-state index contributed by atoms with van der Waals surface area (Å²) in [6.07, 6.45) is 0. The topological polar surface area (TPSA) is 66.0 Å². The van der Waals surface area contributed by atoms with Crippen LogP contribution in [0.25, 0.3) is 0 Å². The molecule has 0 bridgehead atoms. The number of benzene rings is 2. The Bertz CT molecular complexity index is 729. The highest BCUT2D eigenvalue weighted by atomic mass is 16.6. The number of hydrogen-bond donors (Lipinski definition) is 1. The Balaban J connectivity index is 1.79. The van der Waals surface area contributed by atoms with Crippen molar-refractivity contribution >= 4 is 11.6 Å². The van der Waals surface area contributed by atoms with Gasteiger partial charge < -0.3 is 24.3 Å². The number of rotatable bonds is 4. The van der Waals surface area contributed by atoms with Crippen LogP contribution in [0.3, 0.4) is 0 Å². The average molecular weight is 315 g/mol. The Morgan fingerprint density at radius 1 is 0.957 bits per heavy atom. The summed E-state index contributed by atoms with van der Waals surface area (Å²) in [5.41, 5.74) is 1.10. The van der Waals surface area contributed by atoms with Gasteiger partial charge in [-0.05, 0) is 30.3 Å². The van der Waals surface area contributed by atoms with Crippen LogP contribution < -0.4 is 24.3 Å². The summed E-state index contributed by atoms with van der Waals surface area (Å²) in [6, 6.07) is 10.3. The highest BCUT2D eigenvalue weighted by Gasteiger charge is 2.14. The largest absolute Gasteiger partial charge is 0.493 e. The van der Waals surface area contributed by atoms with Crippen LogP contribution in [0.4, 0.5) is 5.69 Å². The van der Waals surface area contributed by atoms with E-state index in [-0.39, 0.29) is 5.91 Å². The summed E-state index contributed by atoms with van der Waals surface area (Å²) in [4.78, 5) is 12.4. The minimum atomic E-state index is -0.248. The van der Waals surface area contributed by atoms with E-state index in [0.29, 0.717) is 47.5 Å². The molecule has 0 saturated carbocycles. The zero-order chi connectivity index (χ0) is 16.2. The second-order valence-corrected chi connectivity index (χ2v) is 4.88. The number of methoxy groups -OCH3 is 2. The second-order valence-electron chi connectivity index (χ2n) is 4.88. The zero-order valence-corrected chi connectivity index (χ0v) is 12.9. The lowest BCUT2D eigenvalue weighted by Crippen LogP contribution is -2.16. The number of carbonyl (C=O) groups is 1. The van der Waals surface area contributed by atoms with Gasteiger partial charge in [0.2, 0.25) is 0 Å². The smallest absolute Gasteiger partial charge is 0.255 e. The molecule has 1 N–H and O–H groups in total. The molecule has 1 aliphatic rings. The Morgan fingerprint density at radius 2 is 1.70 bits per heavy atom. The minimum Gasteiger partial charge on any atom is -0.493 e. The van der Waals surface area contributed by atoms with E-state index in [1.54, 1.807) is 43.5 Å². The molecule has 2 aromatic rings. The molecule has 120 valence electrons. The molecule has 0 aliphatic carbocycles. The van der Waals surface area contributed by atoms with Crippen molar-refractivity contribution in [1.82, 2.24) is 0 Å². The maximum Gasteiger partial charge on any atom is 0.255 e. The molecule has 0 spiro atoms. The van der Waals surface area contributed by atoms with Gasteiger partial charge in [0.15, 0.2) is 23.0 Å². The number of anilines is 1. The predicted molar refractivity (Wildman–Crippen MR) is 84.9 cm³/mol. The third-order valence-corrected chi connectivity index (χ3v) is 3.45. The molecule has 0 unspecified atom stereocenters. The summed E-state index contributed by atoms with van der Waals surface area (Å²) < 4.78 is 21.3. The number of fused-ring (bicyclic) bond motifs is 1. The van der Waals surface area contributed by atoms with Gasteiger partial charge in [-0.1, -0.05) is 0 Å². The number of hydrogen-bond acceptors (Lipinski definition) is 5. The average Bonchev–Trinajstić information content (AvgIpc) is 2.60. The van der Waals surface area contributed by atoms with E-state index >= 15 is 0 Å². The molecule has 1 aliphatic heterocycles. The molecule has 1 heterocycles. The van der Waals surface area contributed by atoms with Crippen molar-refractivity contribution < 1.29 is 23.7 Å². The summed E-state index contributed by atoms with van der Waals surface area (Å²) in [6.45, 7) is 1.03. The second kappa shape index (κ2) is 6.48. The van der Waals surface area contributed by atoms with Gasteiger partial charge in [-0.2, -0.15) is 0 Å². The highest BCUT2D eigenvalue weighted by Crippen LogP contribution is 2.33. The van der Waals surface area contributed by atoms with Crippen molar-refractivity contribution in [2.45, 2.75) is 0 Å². The van der Waals surface area contributed by atoms with Gasteiger partial charge in [-0.15, -0.1) is 0 Å². The molecule has 0 atom stereocenters. The quantitative estimate of drug-likeness (QED) is 0.940. The van der Waals surface area contributed by atoms with Crippen LogP contribution in [0.1, 0.15) is 10.4 Å². The molecule has 2 aromatic carbocycles. The Kier molecular flexibility index (Phi) is 4.23. The normalized spacial score (nSPS) is 12.4. The lowest BCUT2D eigenvalue weighted by Gasteiger charge is -2.19. The monoisotopic (exact) mass is 315 g/mol. The van der Waals surface area contributed by atoms with Crippen LogP contribution in [0.5, 0.6) is 23.0 Å². The lowest BCUT2D eigenvalue weighted by molar-refractivity contribution is 0.102. The zero-order valence-electron chi connectivity index (χ0n) is 12.9. The maximum absolute atomic E-state index is 12.4. The van der Waals surface area contributed by atoms with Gasteiger partial charge in [-0.3, -0.25) is 4.79 Å². The van der Waals surface area contributed by atoms with Gasteiger partial charge in [-0.25, -0.2) is 0 Å². The van der Waals surface area contributed by atoms with Gasteiger partial charge in [0, 0.05) is 17.3 Å². The van der Waals surface area contributed by atoms with E-state index in [4.69, 9.17) is 18.9 Å².